The van der Waals surface area contributed by atoms with Gasteiger partial charge in [0.25, 0.3) is 5.89 Å². The van der Waals surface area contributed by atoms with Gasteiger partial charge in [0, 0.05) is 10.6 Å². The second-order valence-electron chi connectivity index (χ2n) is 5.70. The zero-order chi connectivity index (χ0) is 17.4. The summed E-state index contributed by atoms with van der Waals surface area (Å²) in [6, 6.07) is 15.3. The predicted octanol–water partition coefficient (Wildman–Crippen LogP) is 4.25. The molecule has 0 radical (unpaired) electrons. The third kappa shape index (κ3) is 2.92. The molecule has 0 amide bonds. The Kier molecular flexibility index (Phi) is 3.82. The Morgan fingerprint density at radius 1 is 1.04 bits per heavy atom. The summed E-state index contributed by atoms with van der Waals surface area (Å²) >= 11 is 5.91. The van der Waals surface area contributed by atoms with Crippen LogP contribution in [0.25, 0.3) is 28.7 Å². The van der Waals surface area contributed by atoms with Crippen LogP contribution in [0.4, 0.5) is 0 Å². The summed E-state index contributed by atoms with van der Waals surface area (Å²) in [5.74, 6) is 0.817. The van der Waals surface area contributed by atoms with Gasteiger partial charge in [-0.05, 0) is 55.8 Å². The third-order valence-corrected chi connectivity index (χ3v) is 4.12. The topological polar surface area (TPSA) is 69.6 Å². The third-order valence-electron chi connectivity index (χ3n) is 3.87. The first-order chi connectivity index (χ1) is 12.1. The summed E-state index contributed by atoms with van der Waals surface area (Å²) in [4.78, 5) is 4.43. The number of nitrogens with zero attached hydrogens (tertiary/aromatic N) is 5. The van der Waals surface area contributed by atoms with E-state index in [2.05, 4.69) is 20.5 Å². The molecule has 4 rings (SSSR count). The molecule has 0 aliphatic heterocycles. The number of aromatic nitrogens is 5. The zero-order valence-corrected chi connectivity index (χ0v) is 14.4. The minimum atomic E-state index is 0.335. The smallest absolute Gasteiger partial charge is 0.280 e. The first-order valence-corrected chi connectivity index (χ1v) is 8.09. The van der Waals surface area contributed by atoms with E-state index < -0.39 is 0 Å². The number of benzene rings is 2. The van der Waals surface area contributed by atoms with E-state index in [1.54, 1.807) is 16.8 Å². The lowest BCUT2D eigenvalue weighted by Crippen LogP contribution is -1.99. The number of hydrogen-bond acceptors (Lipinski definition) is 5. The fourth-order valence-corrected chi connectivity index (χ4v) is 2.69. The molecule has 124 valence electrons. The quantitative estimate of drug-likeness (QED) is 0.551. The standard InChI is InChI=1S/C18H14ClN5O/c1-11-4-3-5-15(10-11)24-12(2)16(21-23-24)18-20-17(22-25-18)13-6-8-14(19)9-7-13/h3-10H,1-2H3. The highest BCUT2D eigenvalue weighted by atomic mass is 35.5. The van der Waals surface area contributed by atoms with Crippen molar-refractivity contribution >= 4 is 11.6 Å². The molecule has 2 heterocycles. The van der Waals surface area contributed by atoms with Gasteiger partial charge in [-0.15, -0.1) is 5.10 Å². The maximum atomic E-state index is 5.91. The second-order valence-corrected chi connectivity index (χ2v) is 6.14. The Bertz CT molecular complexity index is 1040. The maximum absolute atomic E-state index is 5.91. The molecule has 7 heteroatoms. The molecule has 0 saturated carbocycles. The van der Waals surface area contributed by atoms with Gasteiger partial charge in [0.1, 0.15) is 0 Å². The molecule has 0 saturated heterocycles. The fraction of sp³-hybridized carbons (Fsp3) is 0.111. The van der Waals surface area contributed by atoms with E-state index in [1.165, 1.54) is 0 Å². The van der Waals surface area contributed by atoms with Crippen LogP contribution in [0.1, 0.15) is 11.3 Å². The summed E-state index contributed by atoms with van der Waals surface area (Å²) in [6.45, 7) is 3.96. The molecule has 0 N–H and O–H groups in total. The Labute approximate surface area is 149 Å². The molecule has 0 aliphatic rings. The molecule has 0 aliphatic carbocycles. The van der Waals surface area contributed by atoms with E-state index in [0.29, 0.717) is 22.4 Å². The van der Waals surface area contributed by atoms with Gasteiger partial charge >= 0.3 is 0 Å². The largest absolute Gasteiger partial charge is 0.332 e. The van der Waals surface area contributed by atoms with Gasteiger partial charge in [-0.1, -0.05) is 34.1 Å². The molecule has 0 fully saturated rings. The highest BCUT2D eigenvalue weighted by Gasteiger charge is 2.19. The Morgan fingerprint density at radius 3 is 2.60 bits per heavy atom. The van der Waals surface area contributed by atoms with Gasteiger partial charge in [-0.2, -0.15) is 4.98 Å². The molecule has 0 bridgehead atoms. The first-order valence-electron chi connectivity index (χ1n) is 7.71. The number of hydrogen-bond donors (Lipinski definition) is 0. The molecule has 25 heavy (non-hydrogen) atoms. The van der Waals surface area contributed by atoms with Crippen LogP contribution in [0.15, 0.2) is 53.1 Å². The van der Waals surface area contributed by atoms with Gasteiger partial charge in [-0.3, -0.25) is 0 Å². The van der Waals surface area contributed by atoms with Crippen LogP contribution in [-0.2, 0) is 0 Å². The predicted molar refractivity (Wildman–Crippen MR) is 94.6 cm³/mol. The Hall–Kier alpha value is -2.99. The van der Waals surface area contributed by atoms with Crippen molar-refractivity contribution in [1.82, 2.24) is 25.1 Å². The lowest BCUT2D eigenvalue weighted by Gasteiger charge is -2.03. The first kappa shape index (κ1) is 15.5. The van der Waals surface area contributed by atoms with Crippen LogP contribution in [0, 0.1) is 13.8 Å². The molecule has 6 nitrogen and oxygen atoms in total. The van der Waals surface area contributed by atoms with E-state index in [1.807, 2.05) is 50.2 Å². The molecular formula is C18H14ClN5O. The molecule has 2 aromatic heterocycles. The molecular weight excluding hydrogens is 338 g/mol. The monoisotopic (exact) mass is 351 g/mol. The van der Waals surface area contributed by atoms with Crippen LogP contribution in [0.3, 0.4) is 0 Å². The van der Waals surface area contributed by atoms with Crippen LogP contribution in [-0.4, -0.2) is 25.1 Å². The van der Waals surface area contributed by atoms with Crippen molar-refractivity contribution in [2.24, 2.45) is 0 Å². The van der Waals surface area contributed by atoms with Crippen molar-refractivity contribution < 1.29 is 4.52 Å². The van der Waals surface area contributed by atoms with Crippen molar-refractivity contribution in [1.29, 1.82) is 0 Å². The molecule has 0 spiro atoms. The van der Waals surface area contributed by atoms with Gasteiger partial charge in [0.2, 0.25) is 5.82 Å². The van der Waals surface area contributed by atoms with Crippen molar-refractivity contribution in [3.63, 3.8) is 0 Å². The van der Waals surface area contributed by atoms with E-state index in [4.69, 9.17) is 16.1 Å². The van der Waals surface area contributed by atoms with Gasteiger partial charge in [0.05, 0.1) is 11.4 Å². The van der Waals surface area contributed by atoms with Crippen molar-refractivity contribution in [2.45, 2.75) is 13.8 Å². The fourth-order valence-electron chi connectivity index (χ4n) is 2.57. The molecule has 2 aromatic carbocycles. The number of aryl methyl sites for hydroxylation is 1. The Balaban J connectivity index is 1.71. The van der Waals surface area contributed by atoms with E-state index >= 15 is 0 Å². The minimum Gasteiger partial charge on any atom is -0.332 e. The van der Waals surface area contributed by atoms with Gasteiger partial charge < -0.3 is 4.52 Å². The van der Waals surface area contributed by atoms with Crippen molar-refractivity contribution in [2.75, 3.05) is 0 Å². The van der Waals surface area contributed by atoms with Crippen LogP contribution < -0.4 is 0 Å². The molecule has 0 unspecified atom stereocenters. The summed E-state index contributed by atoms with van der Waals surface area (Å²) in [7, 11) is 0. The number of rotatable bonds is 3. The lowest BCUT2D eigenvalue weighted by atomic mass is 10.2. The van der Waals surface area contributed by atoms with Crippen molar-refractivity contribution in [3.8, 4) is 28.7 Å². The van der Waals surface area contributed by atoms with Crippen molar-refractivity contribution in [3.05, 3.63) is 64.8 Å². The second kappa shape index (κ2) is 6.14. The van der Waals surface area contributed by atoms with Crippen LogP contribution in [0.2, 0.25) is 5.02 Å². The number of halogens is 1. The summed E-state index contributed by atoms with van der Waals surface area (Å²) in [5, 5.41) is 13.1. The normalized spacial score (nSPS) is 11.0. The molecule has 0 atom stereocenters. The van der Waals surface area contributed by atoms with E-state index in [-0.39, 0.29) is 0 Å². The van der Waals surface area contributed by atoms with Crippen LogP contribution in [0.5, 0.6) is 0 Å². The average Bonchev–Trinajstić information content (AvgIpc) is 3.22. The summed E-state index contributed by atoms with van der Waals surface area (Å²) < 4.78 is 7.14. The lowest BCUT2D eigenvalue weighted by molar-refractivity contribution is 0.430. The van der Waals surface area contributed by atoms with Crippen LogP contribution >= 0.6 is 11.6 Å². The SMILES string of the molecule is Cc1cccc(-n2nnc(-c3nc(-c4ccc(Cl)cc4)no3)c2C)c1. The van der Waals surface area contributed by atoms with E-state index in [9.17, 15) is 0 Å². The van der Waals surface area contributed by atoms with Gasteiger partial charge in [0.15, 0.2) is 5.69 Å². The summed E-state index contributed by atoms with van der Waals surface area (Å²) in [5.41, 5.74) is 4.31. The zero-order valence-electron chi connectivity index (χ0n) is 13.6. The summed E-state index contributed by atoms with van der Waals surface area (Å²) in [6.07, 6.45) is 0. The highest BCUT2D eigenvalue weighted by Crippen LogP contribution is 2.25. The molecule has 4 aromatic rings. The maximum Gasteiger partial charge on any atom is 0.280 e. The minimum absolute atomic E-state index is 0.335. The van der Waals surface area contributed by atoms with Gasteiger partial charge in [-0.25, -0.2) is 4.68 Å². The highest BCUT2D eigenvalue weighted by molar-refractivity contribution is 6.30. The average molecular weight is 352 g/mol. The Morgan fingerprint density at radius 2 is 1.84 bits per heavy atom. The van der Waals surface area contributed by atoms with E-state index in [0.717, 1.165) is 22.5 Å².